The molecule has 0 fully saturated rings. The van der Waals surface area contributed by atoms with Crippen LogP contribution in [-0.2, 0) is 4.79 Å². The fraction of sp³-hybridized carbons (Fsp3) is 0.174. The molecule has 2 aromatic carbocycles. The van der Waals surface area contributed by atoms with Gasteiger partial charge in [0.25, 0.3) is 0 Å². The molecule has 0 saturated heterocycles. The summed E-state index contributed by atoms with van der Waals surface area (Å²) in [4.78, 5) is 21.0. The molecule has 0 aliphatic carbocycles. The molecule has 1 N–H and O–H groups in total. The van der Waals surface area contributed by atoms with Crippen LogP contribution >= 0.6 is 11.8 Å². The number of carbonyl (C=O) groups is 1. The van der Waals surface area contributed by atoms with Crippen molar-refractivity contribution in [3.8, 4) is 17.2 Å². The number of rotatable bonds is 6. The smallest absolute Gasteiger partial charge is 0.234 e. The molecule has 0 saturated carbocycles. The zero-order chi connectivity index (χ0) is 21.8. The first-order valence-electron chi connectivity index (χ1n) is 9.80. The molecule has 2 heterocycles. The van der Waals surface area contributed by atoms with Crippen LogP contribution in [0.2, 0.25) is 0 Å². The van der Waals surface area contributed by atoms with Crippen molar-refractivity contribution in [2.24, 2.45) is 0 Å². The summed E-state index contributed by atoms with van der Waals surface area (Å²) in [5.41, 5.74) is 5.78. The maximum absolute atomic E-state index is 12.5. The summed E-state index contributed by atoms with van der Waals surface area (Å²) < 4.78 is 1.90. The van der Waals surface area contributed by atoms with E-state index in [-0.39, 0.29) is 11.7 Å². The largest absolute Gasteiger partial charge is 0.325 e. The number of anilines is 1. The van der Waals surface area contributed by atoms with Gasteiger partial charge in [-0.1, -0.05) is 35.5 Å². The van der Waals surface area contributed by atoms with E-state index in [1.165, 1.54) is 17.3 Å². The van der Waals surface area contributed by atoms with E-state index in [0.717, 1.165) is 22.5 Å². The van der Waals surface area contributed by atoms with Crippen LogP contribution in [0.25, 0.3) is 17.2 Å². The second-order valence-electron chi connectivity index (χ2n) is 7.20. The second-order valence-corrected chi connectivity index (χ2v) is 8.15. The Labute approximate surface area is 185 Å². The maximum atomic E-state index is 12.5. The number of hydrogen-bond acceptors (Lipinski definition) is 6. The van der Waals surface area contributed by atoms with Gasteiger partial charge in [0.15, 0.2) is 11.0 Å². The predicted octanol–water partition coefficient (Wildman–Crippen LogP) is 4.38. The van der Waals surface area contributed by atoms with Gasteiger partial charge < -0.3 is 5.32 Å². The fourth-order valence-electron chi connectivity index (χ4n) is 3.02. The number of thioether (sulfide) groups is 1. The monoisotopic (exact) mass is 430 g/mol. The Balaban J connectivity index is 1.57. The second kappa shape index (κ2) is 9.09. The minimum Gasteiger partial charge on any atom is -0.325 e. The van der Waals surface area contributed by atoms with Gasteiger partial charge in [0.1, 0.15) is 5.69 Å². The molecule has 31 heavy (non-hydrogen) atoms. The number of benzene rings is 2. The lowest BCUT2D eigenvalue weighted by atomic mass is 10.1. The summed E-state index contributed by atoms with van der Waals surface area (Å²) in [5, 5.41) is 12.2. The van der Waals surface area contributed by atoms with E-state index in [4.69, 9.17) is 0 Å². The number of nitrogens with one attached hydrogen (secondary N) is 1. The minimum absolute atomic E-state index is 0.104. The summed E-state index contributed by atoms with van der Waals surface area (Å²) in [6.45, 7) is 6.10. The Morgan fingerprint density at radius 1 is 1.00 bits per heavy atom. The van der Waals surface area contributed by atoms with Crippen LogP contribution in [0.5, 0.6) is 0 Å². The van der Waals surface area contributed by atoms with Crippen LogP contribution in [0.15, 0.2) is 66.2 Å². The van der Waals surface area contributed by atoms with Crippen LogP contribution in [0.4, 0.5) is 5.69 Å². The van der Waals surface area contributed by atoms with Crippen LogP contribution in [0.3, 0.4) is 0 Å². The number of amides is 1. The molecule has 156 valence electrons. The molecule has 2 aromatic heterocycles. The van der Waals surface area contributed by atoms with Crippen molar-refractivity contribution in [1.29, 1.82) is 0 Å². The first kappa shape index (κ1) is 20.7. The molecule has 0 bridgehead atoms. The van der Waals surface area contributed by atoms with Gasteiger partial charge in [-0.2, -0.15) is 0 Å². The summed E-state index contributed by atoms with van der Waals surface area (Å²) in [5.74, 6) is 0.680. The fourth-order valence-corrected chi connectivity index (χ4v) is 3.77. The third-order valence-electron chi connectivity index (χ3n) is 4.84. The molecule has 0 spiro atoms. The molecule has 8 heteroatoms. The number of nitrogens with zero attached hydrogens (tertiary/aromatic N) is 5. The van der Waals surface area contributed by atoms with Crippen LogP contribution in [-0.4, -0.2) is 36.4 Å². The normalized spacial score (nSPS) is 10.8. The molecule has 7 nitrogen and oxygen atoms in total. The first-order valence-corrected chi connectivity index (χ1v) is 10.8. The zero-order valence-electron chi connectivity index (χ0n) is 17.5. The molecule has 1 amide bonds. The highest BCUT2D eigenvalue weighted by Crippen LogP contribution is 2.27. The molecule has 0 unspecified atom stereocenters. The first-order chi connectivity index (χ1) is 15.0. The SMILES string of the molecule is Cc1ccc(-n2c(SCC(=O)Nc3ccc(C)c(C)c3)nnc2-c2cnccn2)cc1. The standard InChI is InChI=1S/C23H22N6OS/c1-15-4-8-19(9-5-15)29-22(20-13-24-10-11-25-20)27-28-23(29)31-14-21(30)26-18-7-6-16(2)17(3)12-18/h4-13H,14H2,1-3H3,(H,26,30). The Morgan fingerprint density at radius 2 is 1.81 bits per heavy atom. The Bertz CT molecular complexity index is 1200. The molecule has 0 radical (unpaired) electrons. The zero-order valence-corrected chi connectivity index (χ0v) is 18.3. The third kappa shape index (κ3) is 4.80. The van der Waals surface area contributed by atoms with E-state index < -0.39 is 0 Å². The van der Waals surface area contributed by atoms with Crippen LogP contribution in [0.1, 0.15) is 16.7 Å². The lowest BCUT2D eigenvalue weighted by molar-refractivity contribution is -0.113. The number of aryl methyl sites for hydroxylation is 3. The molecule has 4 rings (SSSR count). The summed E-state index contributed by atoms with van der Waals surface area (Å²) in [6, 6.07) is 13.9. The highest BCUT2D eigenvalue weighted by Gasteiger charge is 2.18. The molecule has 0 atom stereocenters. The van der Waals surface area contributed by atoms with Gasteiger partial charge in [-0.3, -0.25) is 14.3 Å². The van der Waals surface area contributed by atoms with Crippen molar-refractivity contribution in [2.75, 3.05) is 11.1 Å². The molecular weight excluding hydrogens is 408 g/mol. The average Bonchev–Trinajstić information content (AvgIpc) is 3.20. The highest BCUT2D eigenvalue weighted by molar-refractivity contribution is 7.99. The van der Waals surface area contributed by atoms with Gasteiger partial charge in [-0.25, -0.2) is 4.98 Å². The lowest BCUT2D eigenvalue weighted by Gasteiger charge is -2.11. The van der Waals surface area contributed by atoms with Crippen molar-refractivity contribution >= 4 is 23.4 Å². The summed E-state index contributed by atoms with van der Waals surface area (Å²) in [7, 11) is 0. The van der Waals surface area contributed by atoms with Gasteiger partial charge in [-0.05, 0) is 56.2 Å². The molecule has 0 aliphatic heterocycles. The van der Waals surface area contributed by atoms with E-state index in [2.05, 4.69) is 25.5 Å². The topological polar surface area (TPSA) is 85.6 Å². The minimum atomic E-state index is -0.104. The molecule has 4 aromatic rings. The highest BCUT2D eigenvalue weighted by atomic mass is 32.2. The average molecular weight is 431 g/mol. The van der Waals surface area contributed by atoms with E-state index in [0.29, 0.717) is 16.7 Å². The van der Waals surface area contributed by atoms with Gasteiger partial charge in [0.2, 0.25) is 5.91 Å². The van der Waals surface area contributed by atoms with E-state index >= 15 is 0 Å². The van der Waals surface area contributed by atoms with Crippen molar-refractivity contribution < 1.29 is 4.79 Å². The Hall–Kier alpha value is -3.52. The summed E-state index contributed by atoms with van der Waals surface area (Å²) >= 11 is 1.33. The van der Waals surface area contributed by atoms with Gasteiger partial charge in [-0.15, -0.1) is 10.2 Å². The van der Waals surface area contributed by atoms with E-state index in [1.54, 1.807) is 18.6 Å². The Morgan fingerprint density at radius 3 is 2.52 bits per heavy atom. The molecule has 0 aliphatic rings. The van der Waals surface area contributed by atoms with Crippen molar-refractivity contribution in [2.45, 2.75) is 25.9 Å². The summed E-state index contributed by atoms with van der Waals surface area (Å²) in [6.07, 6.45) is 4.88. The van der Waals surface area contributed by atoms with Crippen LogP contribution in [0, 0.1) is 20.8 Å². The van der Waals surface area contributed by atoms with Crippen molar-refractivity contribution in [1.82, 2.24) is 24.7 Å². The van der Waals surface area contributed by atoms with Crippen molar-refractivity contribution in [3.05, 3.63) is 77.7 Å². The third-order valence-corrected chi connectivity index (χ3v) is 5.77. The quantitative estimate of drug-likeness (QED) is 0.457. The van der Waals surface area contributed by atoms with Crippen molar-refractivity contribution in [3.63, 3.8) is 0 Å². The number of hydrogen-bond donors (Lipinski definition) is 1. The molecular formula is C23H22N6OS. The van der Waals surface area contributed by atoms with E-state index in [1.807, 2.05) is 67.8 Å². The van der Waals surface area contributed by atoms with Crippen LogP contribution < -0.4 is 5.32 Å². The van der Waals surface area contributed by atoms with E-state index in [9.17, 15) is 4.79 Å². The Kier molecular flexibility index (Phi) is 6.08. The van der Waals surface area contributed by atoms with Gasteiger partial charge in [0.05, 0.1) is 11.9 Å². The number of aromatic nitrogens is 5. The predicted molar refractivity (Wildman–Crippen MR) is 122 cm³/mol. The van der Waals surface area contributed by atoms with Gasteiger partial charge in [0, 0.05) is 23.8 Å². The maximum Gasteiger partial charge on any atom is 0.234 e. The lowest BCUT2D eigenvalue weighted by Crippen LogP contribution is -2.14. The number of carbonyl (C=O) groups excluding carboxylic acids is 1. The van der Waals surface area contributed by atoms with Gasteiger partial charge >= 0.3 is 0 Å².